The summed E-state index contributed by atoms with van der Waals surface area (Å²) in [4.78, 5) is 0. The third kappa shape index (κ3) is 30.4. The first-order valence-corrected chi connectivity index (χ1v) is 24.1. The van der Waals surface area contributed by atoms with Crippen molar-refractivity contribution >= 4 is 28.9 Å². The van der Waals surface area contributed by atoms with E-state index >= 15 is 0 Å². The molecule has 0 aromatic carbocycles. The highest BCUT2D eigenvalue weighted by Gasteiger charge is 2.31. The zero-order valence-electron chi connectivity index (χ0n) is 33.2. The van der Waals surface area contributed by atoms with Gasteiger partial charge in [0.25, 0.3) is 0 Å². The molecule has 0 spiro atoms. The van der Waals surface area contributed by atoms with E-state index in [2.05, 4.69) is 64.6 Å². The second-order valence-corrected chi connectivity index (χ2v) is 18.4. The molecule has 2 unspecified atom stereocenters. The number of hydrogen-bond donors (Lipinski definition) is 3. The lowest BCUT2D eigenvalue weighted by Crippen LogP contribution is -2.38. The van der Waals surface area contributed by atoms with Gasteiger partial charge in [0.15, 0.2) is 0 Å². The van der Waals surface area contributed by atoms with E-state index in [-0.39, 0.29) is 0 Å². The molecule has 282 valence electrons. The van der Waals surface area contributed by atoms with Gasteiger partial charge < -0.3 is 10.7 Å². The minimum Gasteiger partial charge on any atom is -0.308 e. The molecule has 2 atom stereocenters. The number of thiol groups is 1. The van der Waals surface area contributed by atoms with Gasteiger partial charge in [-0.15, -0.1) is 0 Å². The zero-order chi connectivity index (χ0) is 35.3. The van der Waals surface area contributed by atoms with E-state index in [0.717, 1.165) is 11.3 Å². The van der Waals surface area contributed by atoms with E-state index in [4.69, 9.17) is 5.41 Å². The maximum atomic E-state index is 7.64. The predicted octanol–water partition coefficient (Wildman–Crippen LogP) is 15.0. The summed E-state index contributed by atoms with van der Waals surface area (Å²) in [6.45, 7) is 14.4. The average Bonchev–Trinajstić information content (AvgIpc) is 3.09. The molecule has 0 bridgehead atoms. The van der Waals surface area contributed by atoms with Crippen molar-refractivity contribution in [2.75, 3.05) is 30.6 Å². The van der Waals surface area contributed by atoms with Crippen LogP contribution in [-0.2, 0) is 0 Å². The quantitative estimate of drug-likeness (QED) is 0.0377. The van der Waals surface area contributed by atoms with Gasteiger partial charge >= 0.3 is 0 Å². The second-order valence-electron chi connectivity index (χ2n) is 14.4. The Labute approximate surface area is 305 Å². The molecular weight excluding hydrogens is 609 g/mol. The van der Waals surface area contributed by atoms with Crippen LogP contribution in [0.25, 0.3) is 0 Å². The summed E-state index contributed by atoms with van der Waals surface area (Å²) in [6, 6.07) is 0. The monoisotopic (exact) mass is 697 g/mol. The Morgan fingerprint density at radius 1 is 0.681 bits per heavy atom. The fourth-order valence-electron chi connectivity index (χ4n) is 6.68. The number of rotatable bonds is 31. The van der Waals surface area contributed by atoms with Crippen molar-refractivity contribution in [2.45, 2.75) is 213 Å². The molecule has 1 heterocycles. The van der Waals surface area contributed by atoms with Gasteiger partial charge in [-0.3, -0.25) is 0 Å². The van der Waals surface area contributed by atoms with Gasteiger partial charge in [0.1, 0.15) is 0 Å². The largest absolute Gasteiger partial charge is 0.308 e. The van der Waals surface area contributed by atoms with Gasteiger partial charge in [0.05, 0.1) is 0 Å². The van der Waals surface area contributed by atoms with Crippen LogP contribution >= 0.6 is 22.7 Å². The molecule has 0 aromatic heterocycles. The molecule has 0 saturated carbocycles. The van der Waals surface area contributed by atoms with E-state index < -0.39 is 10.0 Å². The number of unbranched alkanes of at least 4 members (excludes halogenated alkanes) is 23. The molecular formula is C43H88N2S2. The molecule has 0 aliphatic carbocycles. The van der Waals surface area contributed by atoms with Crippen LogP contribution in [0.1, 0.15) is 207 Å². The van der Waals surface area contributed by atoms with Crippen LogP contribution in [0.15, 0.2) is 23.8 Å². The summed E-state index contributed by atoms with van der Waals surface area (Å²) in [5.41, 5.74) is 2.28. The molecule has 1 rings (SSSR count). The van der Waals surface area contributed by atoms with E-state index in [0.29, 0.717) is 5.37 Å². The average molecular weight is 697 g/mol. The lowest BCUT2D eigenvalue weighted by molar-refractivity contribution is 0.513. The number of hydrogen-bond acceptors (Lipinski definition) is 3. The molecule has 0 fully saturated rings. The minimum absolute atomic E-state index is 0.669. The second kappa shape index (κ2) is 38.6. The minimum atomic E-state index is -0.732. The normalized spacial score (nSPS) is 17.7. The van der Waals surface area contributed by atoms with Gasteiger partial charge in [-0.2, -0.15) is 12.6 Å². The molecule has 0 aromatic rings. The van der Waals surface area contributed by atoms with Gasteiger partial charge in [-0.25, -0.2) is 10.0 Å². The molecule has 0 radical (unpaired) electrons. The van der Waals surface area contributed by atoms with Crippen LogP contribution in [0.3, 0.4) is 0 Å². The maximum absolute atomic E-state index is 7.64. The van der Waals surface area contributed by atoms with Crippen LogP contribution < -0.4 is 5.32 Å². The van der Waals surface area contributed by atoms with Crippen LogP contribution in [0.4, 0.5) is 0 Å². The standard InChI is InChI=1S/C34H66N2S.C8H18.CH4S/c1-5-7-9-10-11-12-13-14-15-16-17-18-19-20-21-22-24-28-36-34(27-23-8-6-2)37(4)29-25-26-33(31-37)32(3)30-35;1-3-5-7-8-6-4-2;1-2/h26,30,34-36H,3,5-25,27-29,31H2,1-2,4H3;3-8H2,1-2H3;2H,1H3. The highest BCUT2D eigenvalue weighted by molar-refractivity contribution is 8.33. The van der Waals surface area contributed by atoms with Gasteiger partial charge in [0, 0.05) is 17.3 Å². The van der Waals surface area contributed by atoms with E-state index in [1.165, 1.54) is 204 Å². The summed E-state index contributed by atoms with van der Waals surface area (Å²) in [5, 5.41) is 12.3. The van der Waals surface area contributed by atoms with Crippen molar-refractivity contribution in [3.63, 3.8) is 0 Å². The lowest BCUT2D eigenvalue weighted by atomic mass is 10.0. The Morgan fingerprint density at radius 2 is 1.04 bits per heavy atom. The Morgan fingerprint density at radius 3 is 1.43 bits per heavy atom. The molecule has 1 aliphatic heterocycles. The fourth-order valence-corrected chi connectivity index (χ4v) is 10.2. The third-order valence-electron chi connectivity index (χ3n) is 9.91. The van der Waals surface area contributed by atoms with Crippen molar-refractivity contribution in [1.82, 2.24) is 5.32 Å². The summed E-state index contributed by atoms with van der Waals surface area (Å²) in [7, 11) is -0.732. The Kier molecular flexibility index (Phi) is 40.2. The summed E-state index contributed by atoms with van der Waals surface area (Å²) < 4.78 is 0. The van der Waals surface area contributed by atoms with E-state index in [9.17, 15) is 0 Å². The molecule has 2 N–H and O–H groups in total. The lowest BCUT2D eigenvalue weighted by Gasteiger charge is -2.47. The molecule has 0 amide bonds. The van der Waals surface area contributed by atoms with Crippen LogP contribution in [-0.4, -0.2) is 42.2 Å². The smallest absolute Gasteiger partial charge is 0.0377 e. The third-order valence-corrected chi connectivity index (χ3v) is 13.8. The Balaban J connectivity index is 0. The van der Waals surface area contributed by atoms with Crippen molar-refractivity contribution in [2.24, 2.45) is 0 Å². The van der Waals surface area contributed by atoms with Crippen molar-refractivity contribution in [3.05, 3.63) is 23.8 Å². The van der Waals surface area contributed by atoms with Crippen molar-refractivity contribution in [1.29, 1.82) is 5.41 Å². The molecule has 4 heteroatoms. The maximum Gasteiger partial charge on any atom is 0.0377 e. The number of nitrogens with one attached hydrogen (secondary N) is 2. The fraction of sp³-hybridized carbons (Fsp3) is 0.884. The van der Waals surface area contributed by atoms with Gasteiger partial charge in [-0.05, 0) is 55.2 Å². The highest BCUT2D eigenvalue weighted by Crippen LogP contribution is 2.54. The first-order valence-electron chi connectivity index (χ1n) is 20.8. The predicted molar refractivity (Wildman–Crippen MR) is 228 cm³/mol. The first-order chi connectivity index (χ1) is 23.0. The molecule has 47 heavy (non-hydrogen) atoms. The SMILES string of the molecule is C=C(C=N)C1=CCCS(C)(C(CCCCC)NCCCCCCCCCCCCCCCCCCC)C1.CCCCCCCC.CS. The summed E-state index contributed by atoms with van der Waals surface area (Å²) in [6.07, 6.45) is 47.5. The van der Waals surface area contributed by atoms with Crippen LogP contribution in [0.5, 0.6) is 0 Å². The van der Waals surface area contributed by atoms with Crippen molar-refractivity contribution < 1.29 is 0 Å². The summed E-state index contributed by atoms with van der Waals surface area (Å²) in [5.74, 6) is 2.49. The first kappa shape index (κ1) is 48.9. The van der Waals surface area contributed by atoms with Crippen LogP contribution in [0, 0.1) is 5.41 Å². The Hall–Kier alpha value is -0.190. The van der Waals surface area contributed by atoms with Gasteiger partial charge in [-0.1, -0.05) is 201 Å². The van der Waals surface area contributed by atoms with Crippen LogP contribution in [0.2, 0.25) is 0 Å². The topological polar surface area (TPSA) is 35.9 Å². The van der Waals surface area contributed by atoms with Gasteiger partial charge in [0.2, 0.25) is 0 Å². The Bertz CT molecular complexity index is 685. The summed E-state index contributed by atoms with van der Waals surface area (Å²) >= 11 is 3.53. The molecule has 2 nitrogen and oxygen atoms in total. The molecule has 0 saturated heterocycles. The number of allylic oxidation sites excluding steroid dienone is 2. The van der Waals surface area contributed by atoms with Crippen molar-refractivity contribution in [3.8, 4) is 0 Å². The zero-order valence-corrected chi connectivity index (χ0v) is 34.9. The van der Waals surface area contributed by atoms with E-state index in [1.54, 1.807) is 6.26 Å². The molecule has 1 aliphatic rings. The van der Waals surface area contributed by atoms with E-state index in [1.807, 2.05) is 0 Å². The highest BCUT2D eigenvalue weighted by atomic mass is 32.3.